The lowest BCUT2D eigenvalue weighted by molar-refractivity contribution is 0.0594. The molecule has 38 heavy (non-hydrogen) atoms. The van der Waals surface area contributed by atoms with Gasteiger partial charge in [-0.3, -0.25) is 4.98 Å². The van der Waals surface area contributed by atoms with Crippen LogP contribution in [0.25, 0.3) is 33.3 Å². The van der Waals surface area contributed by atoms with Crippen LogP contribution in [0.2, 0.25) is 10.0 Å². The molecular weight excluding hydrogens is 525 g/mol. The molecule has 5 aromatic rings. The molecule has 0 aliphatic carbocycles. The Labute approximate surface area is 229 Å². The van der Waals surface area contributed by atoms with Gasteiger partial charge in [-0.15, -0.1) is 0 Å². The molecular formula is C29H23Cl2N3O4. The van der Waals surface area contributed by atoms with E-state index in [4.69, 9.17) is 37.2 Å². The Hall–Kier alpha value is -3.94. The molecule has 0 aliphatic rings. The van der Waals surface area contributed by atoms with E-state index in [1.165, 1.54) is 19.5 Å². The average Bonchev–Trinajstić information content (AvgIpc) is 3.35. The van der Waals surface area contributed by atoms with Gasteiger partial charge in [-0.05, 0) is 41.5 Å². The van der Waals surface area contributed by atoms with Crippen LogP contribution in [0.5, 0.6) is 5.75 Å². The Balaban J connectivity index is 1.37. The smallest absolute Gasteiger partial charge is 0.356 e. The van der Waals surface area contributed by atoms with Gasteiger partial charge in [0, 0.05) is 29.3 Å². The van der Waals surface area contributed by atoms with Crippen molar-refractivity contribution in [2.24, 2.45) is 0 Å². The van der Waals surface area contributed by atoms with Gasteiger partial charge in [0.05, 0.1) is 28.2 Å². The molecule has 0 spiro atoms. The maximum Gasteiger partial charge on any atom is 0.356 e. The SMILES string of the molecule is COC(=O)c1ccc2cc(-c3ccc(OCc4c(-c5c(Cl)cncc5Cl)noc4C(C)C)cc3)ccc2n1. The molecule has 0 amide bonds. The summed E-state index contributed by atoms with van der Waals surface area (Å²) in [5.74, 6) is 1.02. The van der Waals surface area contributed by atoms with E-state index in [9.17, 15) is 4.79 Å². The predicted octanol–water partition coefficient (Wildman–Crippen LogP) is 7.75. The van der Waals surface area contributed by atoms with Crippen molar-refractivity contribution < 1.29 is 18.8 Å². The molecule has 0 saturated carbocycles. The Kier molecular flexibility index (Phi) is 7.31. The first kappa shape index (κ1) is 25.7. The second-order valence-corrected chi connectivity index (χ2v) is 9.73. The van der Waals surface area contributed by atoms with Crippen LogP contribution in [0.4, 0.5) is 0 Å². The summed E-state index contributed by atoms with van der Waals surface area (Å²) in [6.45, 7) is 4.27. The number of fused-ring (bicyclic) bond motifs is 1. The highest BCUT2D eigenvalue weighted by molar-refractivity contribution is 6.38. The number of rotatable bonds is 7. The first-order valence-corrected chi connectivity index (χ1v) is 12.6. The molecule has 192 valence electrons. The van der Waals surface area contributed by atoms with Gasteiger partial charge < -0.3 is 14.0 Å². The highest BCUT2D eigenvalue weighted by Crippen LogP contribution is 2.38. The molecule has 3 heterocycles. The maximum absolute atomic E-state index is 11.8. The molecule has 7 nitrogen and oxygen atoms in total. The molecule has 0 saturated heterocycles. The highest BCUT2D eigenvalue weighted by Gasteiger charge is 2.24. The number of ether oxygens (including phenoxy) is 2. The second-order valence-electron chi connectivity index (χ2n) is 8.92. The third kappa shape index (κ3) is 5.08. The maximum atomic E-state index is 11.8. The van der Waals surface area contributed by atoms with Gasteiger partial charge in [0.1, 0.15) is 29.5 Å². The number of benzene rings is 2. The van der Waals surface area contributed by atoms with Crippen molar-refractivity contribution in [1.29, 1.82) is 0 Å². The third-order valence-corrected chi connectivity index (χ3v) is 6.66. The first-order chi connectivity index (χ1) is 18.4. The Morgan fingerprint density at radius 2 is 1.68 bits per heavy atom. The Bertz CT molecular complexity index is 1610. The van der Waals surface area contributed by atoms with Crippen molar-refractivity contribution in [3.63, 3.8) is 0 Å². The summed E-state index contributed by atoms with van der Waals surface area (Å²) < 4.78 is 16.5. The minimum absolute atomic E-state index is 0.0858. The lowest BCUT2D eigenvalue weighted by Crippen LogP contribution is -2.03. The Morgan fingerprint density at radius 3 is 2.37 bits per heavy atom. The molecule has 9 heteroatoms. The van der Waals surface area contributed by atoms with Gasteiger partial charge in [0.25, 0.3) is 0 Å². The zero-order valence-corrected chi connectivity index (χ0v) is 22.4. The summed E-state index contributed by atoms with van der Waals surface area (Å²) in [5, 5.41) is 5.95. The topological polar surface area (TPSA) is 87.3 Å². The number of halogens is 2. The van der Waals surface area contributed by atoms with Crippen molar-refractivity contribution >= 4 is 40.1 Å². The number of methoxy groups -OCH3 is 1. The fraction of sp³-hybridized carbons (Fsp3) is 0.172. The number of hydrogen-bond acceptors (Lipinski definition) is 7. The zero-order valence-electron chi connectivity index (χ0n) is 20.9. The summed E-state index contributed by atoms with van der Waals surface area (Å²) in [6.07, 6.45) is 3.05. The van der Waals surface area contributed by atoms with E-state index in [0.29, 0.717) is 32.8 Å². The molecule has 0 aliphatic heterocycles. The zero-order chi connectivity index (χ0) is 26.8. The highest BCUT2D eigenvalue weighted by atomic mass is 35.5. The summed E-state index contributed by atoms with van der Waals surface area (Å²) in [6, 6.07) is 17.2. The Morgan fingerprint density at radius 1 is 0.974 bits per heavy atom. The minimum atomic E-state index is -0.461. The van der Waals surface area contributed by atoms with Crippen LogP contribution >= 0.6 is 23.2 Å². The van der Waals surface area contributed by atoms with E-state index in [1.807, 2.05) is 62.4 Å². The number of pyridine rings is 2. The van der Waals surface area contributed by atoms with Crippen LogP contribution < -0.4 is 4.74 Å². The number of carbonyl (C=O) groups is 1. The number of carbonyl (C=O) groups excluding carboxylic acids is 1. The van der Waals surface area contributed by atoms with Gasteiger partial charge in [0.15, 0.2) is 0 Å². The van der Waals surface area contributed by atoms with Crippen molar-refractivity contribution in [2.45, 2.75) is 26.4 Å². The van der Waals surface area contributed by atoms with Crippen molar-refractivity contribution in [2.75, 3.05) is 7.11 Å². The minimum Gasteiger partial charge on any atom is -0.489 e. The lowest BCUT2D eigenvalue weighted by Gasteiger charge is -2.11. The van der Waals surface area contributed by atoms with Gasteiger partial charge in [-0.25, -0.2) is 9.78 Å². The molecule has 0 radical (unpaired) electrons. The molecule has 0 unspecified atom stereocenters. The number of hydrogen-bond donors (Lipinski definition) is 0. The summed E-state index contributed by atoms with van der Waals surface area (Å²) in [7, 11) is 1.34. The fourth-order valence-corrected chi connectivity index (χ4v) is 4.72. The van der Waals surface area contributed by atoms with E-state index in [2.05, 4.69) is 15.1 Å². The van der Waals surface area contributed by atoms with E-state index in [0.717, 1.165) is 27.6 Å². The molecule has 0 atom stereocenters. The van der Waals surface area contributed by atoms with Gasteiger partial charge >= 0.3 is 5.97 Å². The predicted molar refractivity (Wildman–Crippen MR) is 147 cm³/mol. The first-order valence-electron chi connectivity index (χ1n) is 11.9. The van der Waals surface area contributed by atoms with Gasteiger partial charge in [-0.2, -0.15) is 0 Å². The average molecular weight is 548 g/mol. The molecule has 3 aromatic heterocycles. The van der Waals surface area contributed by atoms with Crippen LogP contribution in [-0.4, -0.2) is 28.2 Å². The summed E-state index contributed by atoms with van der Waals surface area (Å²) >= 11 is 12.8. The molecule has 0 bridgehead atoms. The second kappa shape index (κ2) is 10.8. The fourth-order valence-electron chi connectivity index (χ4n) is 4.17. The monoisotopic (exact) mass is 547 g/mol. The van der Waals surface area contributed by atoms with E-state index in [1.54, 1.807) is 6.07 Å². The molecule has 0 fully saturated rings. The molecule has 2 aromatic carbocycles. The van der Waals surface area contributed by atoms with E-state index >= 15 is 0 Å². The van der Waals surface area contributed by atoms with Gasteiger partial charge in [0.2, 0.25) is 0 Å². The van der Waals surface area contributed by atoms with Crippen LogP contribution in [0.3, 0.4) is 0 Å². The van der Waals surface area contributed by atoms with Crippen molar-refractivity contribution in [3.8, 4) is 28.1 Å². The standard InChI is InChI=1S/C29H23Cl2N3O4/c1-16(2)28-21(27(34-38-28)26-22(30)13-32-14-23(26)31)15-37-20-8-4-17(5-9-20)18-6-10-24-19(12-18)7-11-25(33-24)29(35)36-3/h4-14,16H,15H2,1-3H3. The van der Waals surface area contributed by atoms with E-state index < -0.39 is 5.97 Å². The normalized spacial score (nSPS) is 11.2. The van der Waals surface area contributed by atoms with Crippen LogP contribution in [-0.2, 0) is 11.3 Å². The van der Waals surface area contributed by atoms with Crippen molar-refractivity contribution in [3.05, 3.63) is 94.1 Å². The number of aromatic nitrogens is 3. The summed E-state index contributed by atoms with van der Waals surface area (Å²) in [4.78, 5) is 20.2. The van der Waals surface area contributed by atoms with Gasteiger partial charge in [-0.1, -0.05) is 66.5 Å². The van der Waals surface area contributed by atoms with Crippen LogP contribution in [0.15, 0.2) is 71.5 Å². The van der Waals surface area contributed by atoms with E-state index in [-0.39, 0.29) is 18.2 Å². The third-order valence-electron chi connectivity index (χ3n) is 6.09. The number of esters is 1. The summed E-state index contributed by atoms with van der Waals surface area (Å²) in [5.41, 5.74) is 4.92. The lowest BCUT2D eigenvalue weighted by atomic mass is 10.0. The molecule has 5 rings (SSSR count). The molecule has 0 N–H and O–H groups in total. The van der Waals surface area contributed by atoms with Crippen LogP contribution in [0, 0.1) is 0 Å². The van der Waals surface area contributed by atoms with Crippen molar-refractivity contribution in [1.82, 2.24) is 15.1 Å². The largest absolute Gasteiger partial charge is 0.489 e. The van der Waals surface area contributed by atoms with Crippen LogP contribution in [0.1, 0.15) is 41.6 Å². The number of nitrogens with zero attached hydrogens (tertiary/aromatic N) is 3. The quantitative estimate of drug-likeness (QED) is 0.192.